The van der Waals surface area contributed by atoms with Gasteiger partial charge in [-0.3, -0.25) is 13.9 Å². The SMILES string of the molecule is COc1ccc(CN(C(=O)CCCN(c2cc(C)ccc2C)S(C)(=O)=O)[C@H](C)C(=O)NC(C)C)cc1. The second kappa shape index (κ2) is 12.8. The standard InChI is InChI=1S/C27H39N3O5S/c1-19(2)28-27(32)22(5)29(18-23-12-14-24(35-6)15-13-23)26(31)9-8-16-30(36(7,33)34)25-17-20(3)10-11-21(25)4/h10-15,17,19,22H,8-9,16,18H2,1-7H3,(H,28,32)/t22-/m1/s1. The Kier molecular flexibility index (Phi) is 10.3. The van der Waals surface area contributed by atoms with Crippen LogP contribution in [0, 0.1) is 13.8 Å². The number of sulfonamides is 1. The van der Waals surface area contributed by atoms with Crippen LogP contribution in [-0.2, 0) is 26.2 Å². The number of aryl methyl sites for hydroxylation is 2. The number of ether oxygens (including phenoxy) is 1. The first kappa shape index (κ1) is 29.2. The molecule has 0 radical (unpaired) electrons. The van der Waals surface area contributed by atoms with Gasteiger partial charge < -0.3 is 15.0 Å². The van der Waals surface area contributed by atoms with Gasteiger partial charge in [0.2, 0.25) is 21.8 Å². The van der Waals surface area contributed by atoms with Gasteiger partial charge in [0.1, 0.15) is 11.8 Å². The van der Waals surface area contributed by atoms with Crippen molar-refractivity contribution in [3.05, 3.63) is 59.2 Å². The van der Waals surface area contributed by atoms with E-state index in [9.17, 15) is 18.0 Å². The van der Waals surface area contributed by atoms with Gasteiger partial charge in [0, 0.05) is 25.6 Å². The topological polar surface area (TPSA) is 96.0 Å². The number of carbonyl (C=O) groups excluding carboxylic acids is 2. The van der Waals surface area contributed by atoms with E-state index in [-0.39, 0.29) is 37.4 Å². The molecule has 8 nitrogen and oxygen atoms in total. The minimum atomic E-state index is -3.54. The predicted octanol–water partition coefficient (Wildman–Crippen LogP) is 3.80. The lowest BCUT2D eigenvalue weighted by atomic mass is 10.1. The maximum absolute atomic E-state index is 13.3. The van der Waals surface area contributed by atoms with Crippen molar-refractivity contribution in [1.29, 1.82) is 0 Å². The lowest BCUT2D eigenvalue weighted by Crippen LogP contribution is -2.49. The van der Waals surface area contributed by atoms with E-state index in [1.54, 1.807) is 18.9 Å². The molecule has 0 saturated heterocycles. The number of amides is 2. The number of anilines is 1. The molecule has 0 aliphatic rings. The van der Waals surface area contributed by atoms with Crippen LogP contribution in [0.4, 0.5) is 5.69 Å². The van der Waals surface area contributed by atoms with Crippen molar-refractivity contribution in [2.75, 3.05) is 24.2 Å². The highest BCUT2D eigenvalue weighted by molar-refractivity contribution is 7.92. The Bertz CT molecular complexity index is 1150. The summed E-state index contributed by atoms with van der Waals surface area (Å²) in [5, 5.41) is 2.87. The molecule has 1 N–H and O–H groups in total. The smallest absolute Gasteiger partial charge is 0.242 e. The molecule has 2 amide bonds. The van der Waals surface area contributed by atoms with Crippen molar-refractivity contribution < 1.29 is 22.7 Å². The Balaban J connectivity index is 2.20. The van der Waals surface area contributed by atoms with Crippen LogP contribution in [0.1, 0.15) is 50.3 Å². The molecule has 0 bridgehead atoms. The van der Waals surface area contributed by atoms with E-state index in [0.717, 1.165) is 16.7 Å². The molecule has 0 spiro atoms. The fraction of sp³-hybridized carbons (Fsp3) is 0.481. The lowest BCUT2D eigenvalue weighted by molar-refractivity contribution is -0.140. The second-order valence-electron chi connectivity index (χ2n) is 9.44. The molecule has 36 heavy (non-hydrogen) atoms. The molecule has 0 aliphatic carbocycles. The molecule has 2 aromatic carbocycles. The number of nitrogens with zero attached hydrogens (tertiary/aromatic N) is 2. The van der Waals surface area contributed by atoms with E-state index >= 15 is 0 Å². The molecule has 2 rings (SSSR count). The van der Waals surface area contributed by atoms with Crippen LogP contribution >= 0.6 is 0 Å². The van der Waals surface area contributed by atoms with Crippen LogP contribution < -0.4 is 14.4 Å². The Labute approximate surface area is 215 Å². The van der Waals surface area contributed by atoms with Crippen molar-refractivity contribution in [2.45, 2.75) is 66.1 Å². The molecule has 0 saturated carbocycles. The molecule has 0 aliphatic heterocycles. The zero-order valence-corrected chi connectivity index (χ0v) is 23.2. The van der Waals surface area contributed by atoms with E-state index in [1.807, 2.05) is 70.2 Å². The highest BCUT2D eigenvalue weighted by Gasteiger charge is 2.27. The van der Waals surface area contributed by atoms with Gasteiger partial charge in [0.05, 0.1) is 19.1 Å². The average Bonchev–Trinajstić information content (AvgIpc) is 2.80. The van der Waals surface area contributed by atoms with E-state index in [0.29, 0.717) is 17.9 Å². The summed E-state index contributed by atoms with van der Waals surface area (Å²) < 4.78 is 31.7. The highest BCUT2D eigenvalue weighted by atomic mass is 32.2. The third-order valence-corrected chi connectivity index (χ3v) is 7.08. The quantitative estimate of drug-likeness (QED) is 0.462. The van der Waals surface area contributed by atoms with Gasteiger partial charge in [0.25, 0.3) is 0 Å². The summed E-state index contributed by atoms with van der Waals surface area (Å²) in [6, 6.07) is 12.3. The fourth-order valence-electron chi connectivity index (χ4n) is 3.89. The minimum absolute atomic E-state index is 0.0567. The molecule has 1 atom stereocenters. The van der Waals surface area contributed by atoms with Crippen LogP contribution in [0.15, 0.2) is 42.5 Å². The summed E-state index contributed by atoms with van der Waals surface area (Å²) in [4.78, 5) is 27.6. The third-order valence-electron chi connectivity index (χ3n) is 5.90. The van der Waals surface area contributed by atoms with Crippen molar-refractivity contribution in [2.24, 2.45) is 0 Å². The van der Waals surface area contributed by atoms with Crippen LogP contribution in [0.3, 0.4) is 0 Å². The van der Waals surface area contributed by atoms with Crippen molar-refractivity contribution in [1.82, 2.24) is 10.2 Å². The number of rotatable bonds is 12. The first-order valence-electron chi connectivity index (χ1n) is 12.1. The Morgan fingerprint density at radius 1 is 1.03 bits per heavy atom. The van der Waals surface area contributed by atoms with E-state index in [2.05, 4.69) is 5.32 Å². The van der Waals surface area contributed by atoms with Gasteiger partial charge >= 0.3 is 0 Å². The largest absolute Gasteiger partial charge is 0.497 e. The van der Waals surface area contributed by atoms with E-state index in [4.69, 9.17) is 4.74 Å². The van der Waals surface area contributed by atoms with Crippen molar-refractivity contribution in [3.63, 3.8) is 0 Å². The Hall–Kier alpha value is -3.07. The van der Waals surface area contributed by atoms with E-state index < -0.39 is 16.1 Å². The predicted molar refractivity (Wildman–Crippen MR) is 144 cm³/mol. The Morgan fingerprint density at radius 3 is 2.22 bits per heavy atom. The maximum atomic E-state index is 13.3. The summed E-state index contributed by atoms with van der Waals surface area (Å²) in [5.74, 6) is 0.251. The van der Waals surface area contributed by atoms with E-state index in [1.165, 1.54) is 10.6 Å². The molecular weight excluding hydrogens is 478 g/mol. The molecule has 2 aromatic rings. The summed E-state index contributed by atoms with van der Waals surface area (Å²) in [7, 11) is -1.96. The number of hydrogen-bond acceptors (Lipinski definition) is 5. The first-order valence-corrected chi connectivity index (χ1v) is 14.0. The van der Waals surface area contributed by atoms with Crippen molar-refractivity contribution in [3.8, 4) is 5.75 Å². The molecule has 9 heteroatoms. The average molecular weight is 518 g/mol. The molecule has 0 aromatic heterocycles. The number of nitrogens with one attached hydrogen (secondary N) is 1. The zero-order chi connectivity index (χ0) is 27.0. The Morgan fingerprint density at radius 2 is 1.67 bits per heavy atom. The molecule has 0 unspecified atom stereocenters. The molecular formula is C27H39N3O5S. The summed E-state index contributed by atoms with van der Waals surface area (Å²) in [5.41, 5.74) is 3.28. The van der Waals surface area contributed by atoms with Gasteiger partial charge in [-0.15, -0.1) is 0 Å². The molecule has 198 valence electrons. The number of carbonyl (C=O) groups is 2. The minimum Gasteiger partial charge on any atom is -0.497 e. The molecule has 0 fully saturated rings. The van der Waals surface area contributed by atoms with Gasteiger partial charge in [-0.2, -0.15) is 0 Å². The van der Waals surface area contributed by atoms with Crippen LogP contribution in [0.5, 0.6) is 5.75 Å². The number of benzene rings is 2. The normalized spacial score (nSPS) is 12.2. The van der Waals surface area contributed by atoms with Gasteiger partial charge in [0.15, 0.2) is 0 Å². The zero-order valence-electron chi connectivity index (χ0n) is 22.4. The highest BCUT2D eigenvalue weighted by Crippen LogP contribution is 2.25. The number of hydrogen-bond donors (Lipinski definition) is 1. The third kappa shape index (κ3) is 8.26. The summed E-state index contributed by atoms with van der Waals surface area (Å²) in [6.45, 7) is 9.63. The fourth-order valence-corrected chi connectivity index (χ4v) is 4.90. The second-order valence-corrected chi connectivity index (χ2v) is 11.3. The summed E-state index contributed by atoms with van der Waals surface area (Å²) in [6.07, 6.45) is 1.59. The van der Waals surface area contributed by atoms with Crippen molar-refractivity contribution >= 4 is 27.5 Å². The lowest BCUT2D eigenvalue weighted by Gasteiger charge is -2.30. The first-order chi connectivity index (χ1) is 16.8. The van der Waals surface area contributed by atoms with Crippen LogP contribution in [0.2, 0.25) is 0 Å². The molecule has 0 heterocycles. The van der Waals surface area contributed by atoms with Crippen LogP contribution in [-0.4, -0.2) is 57.1 Å². The van der Waals surface area contributed by atoms with Gasteiger partial charge in [-0.05, 0) is 75.9 Å². The van der Waals surface area contributed by atoms with Gasteiger partial charge in [-0.25, -0.2) is 8.42 Å². The maximum Gasteiger partial charge on any atom is 0.242 e. The monoisotopic (exact) mass is 517 g/mol. The summed E-state index contributed by atoms with van der Waals surface area (Å²) >= 11 is 0. The van der Waals surface area contributed by atoms with Crippen LogP contribution in [0.25, 0.3) is 0 Å². The number of methoxy groups -OCH3 is 1. The van der Waals surface area contributed by atoms with Gasteiger partial charge in [-0.1, -0.05) is 24.3 Å².